The van der Waals surface area contributed by atoms with Crippen LogP contribution in [0.15, 0.2) is 0 Å². The van der Waals surface area contributed by atoms with E-state index in [1.165, 1.54) is 0 Å². The summed E-state index contributed by atoms with van der Waals surface area (Å²) in [5.74, 6) is -0.674. The maximum Gasteiger partial charge on any atom is 0.311 e. The van der Waals surface area contributed by atoms with Crippen LogP contribution in [-0.2, 0) is 9.59 Å². The monoisotopic (exact) mass is 248 g/mol. The van der Waals surface area contributed by atoms with Crippen molar-refractivity contribution in [2.24, 2.45) is 0 Å². The first kappa shape index (κ1) is 15.2. The van der Waals surface area contributed by atoms with Gasteiger partial charge < -0.3 is 10.2 Å². The summed E-state index contributed by atoms with van der Waals surface area (Å²) in [7, 11) is 0. The molecule has 0 aliphatic carbocycles. The van der Waals surface area contributed by atoms with E-state index in [1.54, 1.807) is 4.90 Å². The average Bonchev–Trinajstić information content (AvgIpc) is 2.30. The third kappa shape index (κ3) is 5.95. The molecule has 0 radical (unpaired) electrons. The van der Waals surface area contributed by atoms with Crippen molar-refractivity contribution in [1.29, 1.82) is 0 Å². The molecule has 0 rings (SSSR count). The van der Waals surface area contributed by atoms with Crippen LogP contribution >= 0.6 is 11.6 Å². The van der Waals surface area contributed by atoms with E-state index >= 15 is 0 Å². The van der Waals surface area contributed by atoms with E-state index in [9.17, 15) is 9.59 Å². The lowest BCUT2D eigenvalue weighted by molar-refractivity contribution is -0.145. The Bertz CT molecular complexity index is 222. The van der Waals surface area contributed by atoms with Crippen LogP contribution in [0.2, 0.25) is 0 Å². The fraction of sp³-hybridized carbons (Fsp3) is 0.818. The predicted octanol–water partition coefficient (Wildman–Crippen LogP) is 1.38. The summed E-state index contributed by atoms with van der Waals surface area (Å²) in [6.07, 6.45) is 2.80. The molecule has 0 spiro atoms. The molecule has 16 heavy (non-hydrogen) atoms. The van der Waals surface area contributed by atoms with Gasteiger partial charge in [0.1, 0.15) is 0 Å². The normalized spacial score (nSPS) is 9.94. The molecule has 0 saturated carbocycles. The lowest BCUT2D eigenvalue weighted by atomic mass is 10.3. The van der Waals surface area contributed by atoms with Crippen molar-refractivity contribution in [2.45, 2.75) is 33.1 Å². The molecule has 0 aromatic heterocycles. The van der Waals surface area contributed by atoms with Gasteiger partial charge in [-0.3, -0.25) is 9.59 Å². The minimum atomic E-state index is -0.551. The van der Waals surface area contributed by atoms with Gasteiger partial charge in [-0.1, -0.05) is 20.3 Å². The minimum absolute atomic E-state index is 0.321. The Balaban J connectivity index is 4.18. The van der Waals surface area contributed by atoms with E-state index in [0.717, 1.165) is 19.3 Å². The Morgan fingerprint density at radius 3 is 2.38 bits per heavy atom. The molecule has 0 atom stereocenters. The molecule has 1 N–H and O–H groups in total. The number of halogens is 1. The number of nitrogens with one attached hydrogen (secondary N) is 1. The molecule has 0 fully saturated rings. The number of carbonyl (C=O) groups is 2. The summed E-state index contributed by atoms with van der Waals surface area (Å²) < 4.78 is 0. The number of rotatable bonds is 7. The predicted molar refractivity (Wildman–Crippen MR) is 65.5 cm³/mol. The first-order chi connectivity index (χ1) is 7.67. The summed E-state index contributed by atoms with van der Waals surface area (Å²) in [5.41, 5.74) is 0. The van der Waals surface area contributed by atoms with E-state index < -0.39 is 11.8 Å². The molecule has 0 aromatic rings. The summed E-state index contributed by atoms with van der Waals surface area (Å²) in [4.78, 5) is 24.7. The maximum absolute atomic E-state index is 11.7. The highest BCUT2D eigenvalue weighted by atomic mass is 35.5. The Kier molecular flexibility index (Phi) is 9.00. The molecule has 2 amide bonds. The number of hydrogen-bond donors (Lipinski definition) is 1. The molecular formula is C11H21ClN2O2. The van der Waals surface area contributed by atoms with E-state index in [4.69, 9.17) is 11.6 Å². The van der Waals surface area contributed by atoms with Crippen molar-refractivity contribution in [2.75, 3.05) is 25.5 Å². The quantitative estimate of drug-likeness (QED) is 0.547. The van der Waals surface area contributed by atoms with Gasteiger partial charge in [-0.25, -0.2) is 0 Å². The second-order valence-electron chi connectivity index (χ2n) is 3.59. The second kappa shape index (κ2) is 9.46. The van der Waals surface area contributed by atoms with Crippen molar-refractivity contribution < 1.29 is 9.59 Å². The fourth-order valence-corrected chi connectivity index (χ4v) is 1.41. The van der Waals surface area contributed by atoms with E-state index in [-0.39, 0.29) is 0 Å². The molecule has 0 aromatic carbocycles. The number of carbonyl (C=O) groups excluding carboxylic acids is 2. The number of unbranched alkanes of at least 4 members (excludes halogenated alkanes) is 1. The van der Waals surface area contributed by atoms with Gasteiger partial charge in [0.05, 0.1) is 0 Å². The molecule has 0 aliphatic rings. The summed E-state index contributed by atoms with van der Waals surface area (Å²) in [6, 6.07) is 0. The molecule has 4 nitrogen and oxygen atoms in total. The van der Waals surface area contributed by atoms with Gasteiger partial charge >= 0.3 is 11.8 Å². The maximum atomic E-state index is 11.7. The van der Waals surface area contributed by atoms with Gasteiger partial charge in [-0.15, -0.1) is 11.6 Å². The van der Waals surface area contributed by atoms with Crippen molar-refractivity contribution in [3.05, 3.63) is 0 Å². The molecule has 0 unspecified atom stereocenters. The van der Waals surface area contributed by atoms with E-state index in [2.05, 4.69) is 12.2 Å². The van der Waals surface area contributed by atoms with Gasteiger partial charge in [-0.2, -0.15) is 0 Å². The topological polar surface area (TPSA) is 49.4 Å². The number of alkyl halides is 1. The smallest absolute Gasteiger partial charge is 0.311 e. The van der Waals surface area contributed by atoms with Crippen LogP contribution in [0.5, 0.6) is 0 Å². The molecule has 94 valence electrons. The highest BCUT2D eigenvalue weighted by molar-refractivity contribution is 6.35. The Labute approximate surface area is 102 Å². The summed E-state index contributed by atoms with van der Waals surface area (Å²) >= 11 is 5.44. The Hall–Kier alpha value is -0.770. The van der Waals surface area contributed by atoms with Crippen molar-refractivity contribution in [1.82, 2.24) is 10.2 Å². The van der Waals surface area contributed by atoms with Gasteiger partial charge in [0.15, 0.2) is 0 Å². The van der Waals surface area contributed by atoms with Crippen LogP contribution in [0.25, 0.3) is 0 Å². The summed E-state index contributed by atoms with van der Waals surface area (Å²) in [6.45, 7) is 5.66. The van der Waals surface area contributed by atoms with Crippen LogP contribution in [0.4, 0.5) is 0 Å². The second-order valence-corrected chi connectivity index (χ2v) is 3.97. The van der Waals surface area contributed by atoms with Gasteiger partial charge in [0.25, 0.3) is 0 Å². The average molecular weight is 249 g/mol. The van der Waals surface area contributed by atoms with E-state index in [1.807, 2.05) is 6.92 Å². The molecule has 0 heterocycles. The third-order valence-corrected chi connectivity index (χ3v) is 2.33. The zero-order chi connectivity index (χ0) is 12.4. The number of amides is 2. The lowest BCUT2D eigenvalue weighted by Crippen LogP contribution is -2.44. The Morgan fingerprint density at radius 1 is 1.19 bits per heavy atom. The fourth-order valence-electron chi connectivity index (χ4n) is 1.31. The zero-order valence-corrected chi connectivity index (χ0v) is 10.8. The lowest BCUT2D eigenvalue weighted by Gasteiger charge is -2.21. The first-order valence-electron chi connectivity index (χ1n) is 5.80. The SMILES string of the molecule is CCCCN(CCC)C(=O)C(=O)NCCCl. The standard InChI is InChI=1S/C11H21ClN2O2/c1-3-5-9-14(8-4-2)11(16)10(15)13-7-6-12/h3-9H2,1-2H3,(H,13,15). The van der Waals surface area contributed by atoms with Crippen LogP contribution in [0.3, 0.4) is 0 Å². The van der Waals surface area contributed by atoms with Crippen LogP contribution < -0.4 is 5.32 Å². The molecular weight excluding hydrogens is 228 g/mol. The van der Waals surface area contributed by atoms with Crippen LogP contribution in [-0.4, -0.2) is 42.2 Å². The number of nitrogens with zero attached hydrogens (tertiary/aromatic N) is 1. The Morgan fingerprint density at radius 2 is 1.88 bits per heavy atom. The molecule has 0 bridgehead atoms. The van der Waals surface area contributed by atoms with Crippen LogP contribution in [0, 0.1) is 0 Å². The van der Waals surface area contributed by atoms with Crippen LogP contribution in [0.1, 0.15) is 33.1 Å². The van der Waals surface area contributed by atoms with Crippen molar-refractivity contribution in [3.8, 4) is 0 Å². The number of hydrogen-bond acceptors (Lipinski definition) is 2. The van der Waals surface area contributed by atoms with Gasteiger partial charge in [0.2, 0.25) is 0 Å². The third-order valence-electron chi connectivity index (χ3n) is 2.14. The zero-order valence-electron chi connectivity index (χ0n) is 10.1. The highest BCUT2D eigenvalue weighted by Gasteiger charge is 2.19. The van der Waals surface area contributed by atoms with Gasteiger partial charge in [0, 0.05) is 25.5 Å². The minimum Gasteiger partial charge on any atom is -0.347 e. The highest BCUT2D eigenvalue weighted by Crippen LogP contribution is 1.98. The van der Waals surface area contributed by atoms with Crippen molar-refractivity contribution >= 4 is 23.4 Å². The van der Waals surface area contributed by atoms with Gasteiger partial charge in [-0.05, 0) is 12.8 Å². The molecule has 0 saturated heterocycles. The molecule has 0 aliphatic heterocycles. The summed E-state index contributed by atoms with van der Waals surface area (Å²) in [5, 5.41) is 2.49. The van der Waals surface area contributed by atoms with Crippen molar-refractivity contribution in [3.63, 3.8) is 0 Å². The first-order valence-corrected chi connectivity index (χ1v) is 6.33. The largest absolute Gasteiger partial charge is 0.347 e. The molecule has 5 heteroatoms. The van der Waals surface area contributed by atoms with E-state index in [0.29, 0.717) is 25.5 Å².